The van der Waals surface area contributed by atoms with E-state index in [1.807, 2.05) is 30.3 Å². The average molecular weight is 404 g/mol. The molecule has 2 N–H and O–H groups in total. The summed E-state index contributed by atoms with van der Waals surface area (Å²) in [6, 6.07) is 15.2. The number of rotatable bonds is 5. The molecule has 0 aliphatic carbocycles. The maximum absolute atomic E-state index is 13.7. The van der Waals surface area contributed by atoms with Gasteiger partial charge in [0.2, 0.25) is 0 Å². The molecule has 0 saturated carbocycles. The summed E-state index contributed by atoms with van der Waals surface area (Å²) in [5.41, 5.74) is 2.00. The van der Waals surface area contributed by atoms with Gasteiger partial charge >= 0.3 is 11.9 Å². The van der Waals surface area contributed by atoms with Crippen molar-refractivity contribution in [1.29, 1.82) is 0 Å². The van der Waals surface area contributed by atoms with Crippen LogP contribution in [0.3, 0.4) is 0 Å². The lowest BCUT2D eigenvalue weighted by Crippen LogP contribution is -2.45. The number of methoxy groups -OCH3 is 1. The van der Waals surface area contributed by atoms with Gasteiger partial charge in [-0.15, -0.1) is 0 Å². The largest absolute Gasteiger partial charge is 0.496 e. The van der Waals surface area contributed by atoms with Gasteiger partial charge in [-0.05, 0) is 12.1 Å². The first-order chi connectivity index (χ1) is 13.9. The number of carboxylic acid groups (broad SMARTS) is 2. The Morgan fingerprint density at radius 3 is 1.79 bits per heavy atom. The Balaban J connectivity index is 0.000000438. The van der Waals surface area contributed by atoms with E-state index in [-0.39, 0.29) is 5.82 Å². The third-order valence-corrected chi connectivity index (χ3v) is 4.59. The highest BCUT2D eigenvalue weighted by Crippen LogP contribution is 2.20. The van der Waals surface area contributed by atoms with E-state index in [0.717, 1.165) is 44.0 Å². The van der Waals surface area contributed by atoms with Crippen LogP contribution in [0.4, 0.5) is 4.39 Å². The smallest absolute Gasteiger partial charge is 0.414 e. The molecule has 0 unspecified atom stereocenters. The number of para-hydroxylation sites is 1. The first kappa shape index (κ1) is 22.3. The summed E-state index contributed by atoms with van der Waals surface area (Å²) >= 11 is 0. The summed E-state index contributed by atoms with van der Waals surface area (Å²) in [5.74, 6) is -2.81. The number of hydrogen-bond acceptors (Lipinski definition) is 5. The fraction of sp³-hybridized carbons (Fsp3) is 0.333. The molecule has 0 atom stereocenters. The summed E-state index contributed by atoms with van der Waals surface area (Å²) in [6.07, 6.45) is 0. The average Bonchev–Trinajstić information content (AvgIpc) is 2.72. The molecule has 1 fully saturated rings. The summed E-state index contributed by atoms with van der Waals surface area (Å²) < 4.78 is 19.2. The predicted octanol–water partition coefficient (Wildman–Crippen LogP) is 2.31. The lowest BCUT2D eigenvalue weighted by molar-refractivity contribution is -0.159. The van der Waals surface area contributed by atoms with Crippen molar-refractivity contribution in [3.63, 3.8) is 0 Å². The van der Waals surface area contributed by atoms with E-state index in [0.29, 0.717) is 6.54 Å². The molecule has 7 nitrogen and oxygen atoms in total. The Labute approximate surface area is 168 Å². The highest BCUT2D eigenvalue weighted by atomic mass is 19.1. The Hall–Kier alpha value is -2.97. The van der Waals surface area contributed by atoms with Crippen molar-refractivity contribution in [2.24, 2.45) is 0 Å². The SMILES string of the molecule is COc1ccccc1CN1CCN(Cc2ccccc2F)CC1.O=C(O)C(=O)O. The lowest BCUT2D eigenvalue weighted by atomic mass is 10.1. The number of piperazine rings is 1. The van der Waals surface area contributed by atoms with Gasteiger partial charge in [0.1, 0.15) is 11.6 Å². The lowest BCUT2D eigenvalue weighted by Gasteiger charge is -2.35. The molecule has 0 spiro atoms. The van der Waals surface area contributed by atoms with Crippen molar-refractivity contribution in [2.45, 2.75) is 13.1 Å². The molecular weight excluding hydrogens is 379 g/mol. The number of halogens is 1. The van der Waals surface area contributed by atoms with Crippen molar-refractivity contribution in [3.05, 3.63) is 65.5 Å². The second-order valence-corrected chi connectivity index (χ2v) is 6.57. The zero-order chi connectivity index (χ0) is 21.2. The minimum absolute atomic E-state index is 0.107. The van der Waals surface area contributed by atoms with Crippen LogP contribution in [0.15, 0.2) is 48.5 Å². The van der Waals surface area contributed by atoms with E-state index < -0.39 is 11.9 Å². The monoisotopic (exact) mass is 404 g/mol. The van der Waals surface area contributed by atoms with Gasteiger partial charge in [0.15, 0.2) is 0 Å². The number of ether oxygens (including phenoxy) is 1. The van der Waals surface area contributed by atoms with Gasteiger partial charge in [0.05, 0.1) is 7.11 Å². The van der Waals surface area contributed by atoms with Gasteiger partial charge in [-0.1, -0.05) is 36.4 Å². The van der Waals surface area contributed by atoms with Crippen LogP contribution >= 0.6 is 0 Å². The van der Waals surface area contributed by atoms with Crippen molar-refractivity contribution >= 4 is 11.9 Å². The number of nitrogens with zero attached hydrogens (tertiary/aromatic N) is 2. The van der Waals surface area contributed by atoms with E-state index in [1.165, 1.54) is 11.6 Å². The second-order valence-electron chi connectivity index (χ2n) is 6.57. The number of carboxylic acids is 2. The fourth-order valence-electron chi connectivity index (χ4n) is 3.05. The van der Waals surface area contributed by atoms with Crippen LogP contribution in [0.1, 0.15) is 11.1 Å². The van der Waals surface area contributed by atoms with Crippen LogP contribution in [-0.2, 0) is 22.7 Å². The maximum Gasteiger partial charge on any atom is 0.414 e. The Morgan fingerprint density at radius 2 is 1.31 bits per heavy atom. The summed E-state index contributed by atoms with van der Waals surface area (Å²) in [7, 11) is 1.71. The van der Waals surface area contributed by atoms with Crippen LogP contribution < -0.4 is 4.74 Å². The normalized spacial score (nSPS) is 14.6. The molecule has 1 saturated heterocycles. The van der Waals surface area contributed by atoms with E-state index in [2.05, 4.69) is 15.9 Å². The zero-order valence-corrected chi connectivity index (χ0v) is 16.3. The van der Waals surface area contributed by atoms with Crippen LogP contribution in [-0.4, -0.2) is 65.2 Å². The molecule has 29 heavy (non-hydrogen) atoms. The molecule has 1 aliphatic rings. The third-order valence-electron chi connectivity index (χ3n) is 4.59. The van der Waals surface area contributed by atoms with Gasteiger partial charge in [-0.3, -0.25) is 9.80 Å². The van der Waals surface area contributed by atoms with Gasteiger partial charge < -0.3 is 14.9 Å². The van der Waals surface area contributed by atoms with E-state index in [1.54, 1.807) is 13.2 Å². The molecule has 8 heteroatoms. The van der Waals surface area contributed by atoms with Crippen LogP contribution in [0.25, 0.3) is 0 Å². The van der Waals surface area contributed by atoms with Crippen LogP contribution in [0, 0.1) is 5.82 Å². The van der Waals surface area contributed by atoms with Crippen LogP contribution in [0.5, 0.6) is 5.75 Å². The minimum Gasteiger partial charge on any atom is -0.496 e. The summed E-state index contributed by atoms with van der Waals surface area (Å²) in [5, 5.41) is 14.8. The first-order valence-corrected chi connectivity index (χ1v) is 9.17. The van der Waals surface area contributed by atoms with Crippen LogP contribution in [0.2, 0.25) is 0 Å². The molecule has 2 aromatic rings. The van der Waals surface area contributed by atoms with Crippen molar-refractivity contribution in [3.8, 4) is 5.75 Å². The van der Waals surface area contributed by atoms with Gasteiger partial charge in [-0.25, -0.2) is 14.0 Å². The van der Waals surface area contributed by atoms with E-state index >= 15 is 0 Å². The molecule has 1 aliphatic heterocycles. The Bertz CT molecular complexity index is 810. The number of hydrogen-bond donors (Lipinski definition) is 2. The topological polar surface area (TPSA) is 90.3 Å². The van der Waals surface area contributed by atoms with Crippen molar-refractivity contribution < 1.29 is 28.9 Å². The first-order valence-electron chi connectivity index (χ1n) is 9.17. The van der Waals surface area contributed by atoms with Gasteiger partial charge in [-0.2, -0.15) is 0 Å². The summed E-state index contributed by atoms with van der Waals surface area (Å²) in [6.45, 7) is 5.50. The standard InChI is InChI=1S/C19H23FN2O.C2H2O4/c1-23-19-9-5-3-7-17(19)15-22-12-10-21(11-13-22)14-16-6-2-4-8-18(16)20;3-1(4)2(5)6/h2-9H,10-15H2,1H3;(H,3,4)(H,5,6). The minimum atomic E-state index is -1.82. The van der Waals surface area contributed by atoms with Gasteiger partial charge in [0, 0.05) is 50.4 Å². The number of carbonyl (C=O) groups is 2. The molecule has 3 rings (SSSR count). The molecule has 156 valence electrons. The van der Waals surface area contributed by atoms with Gasteiger partial charge in [0.25, 0.3) is 0 Å². The van der Waals surface area contributed by atoms with Crippen molar-refractivity contribution in [2.75, 3.05) is 33.3 Å². The number of aliphatic carboxylic acids is 2. The highest BCUT2D eigenvalue weighted by Gasteiger charge is 2.19. The maximum atomic E-state index is 13.7. The molecule has 2 aromatic carbocycles. The van der Waals surface area contributed by atoms with Crippen molar-refractivity contribution in [1.82, 2.24) is 9.80 Å². The number of benzene rings is 2. The molecule has 0 amide bonds. The molecule has 0 radical (unpaired) electrons. The fourth-order valence-corrected chi connectivity index (χ4v) is 3.05. The third kappa shape index (κ3) is 7.17. The quantitative estimate of drug-likeness (QED) is 0.739. The van der Waals surface area contributed by atoms with E-state index in [9.17, 15) is 4.39 Å². The Kier molecular flexibility index (Phi) is 8.57. The Morgan fingerprint density at radius 1 is 0.862 bits per heavy atom. The highest BCUT2D eigenvalue weighted by molar-refractivity contribution is 6.27. The molecule has 0 bridgehead atoms. The zero-order valence-electron chi connectivity index (χ0n) is 16.3. The summed E-state index contributed by atoms with van der Waals surface area (Å²) in [4.78, 5) is 22.9. The van der Waals surface area contributed by atoms with E-state index in [4.69, 9.17) is 24.5 Å². The predicted molar refractivity (Wildman–Crippen MR) is 105 cm³/mol. The molecule has 0 aromatic heterocycles. The second kappa shape index (κ2) is 11.1. The molecule has 1 heterocycles. The molecular formula is C21H25FN2O5.